The van der Waals surface area contributed by atoms with E-state index in [-0.39, 0.29) is 17.3 Å². The van der Waals surface area contributed by atoms with Crippen molar-refractivity contribution < 1.29 is 24.3 Å². The molecule has 2 unspecified atom stereocenters. The van der Waals surface area contributed by atoms with Crippen molar-refractivity contribution in [2.24, 2.45) is 5.92 Å². The summed E-state index contributed by atoms with van der Waals surface area (Å²) in [5.41, 5.74) is 3.06. The molecule has 0 bridgehead atoms. The van der Waals surface area contributed by atoms with Gasteiger partial charge in [-0.15, -0.1) is 0 Å². The van der Waals surface area contributed by atoms with Gasteiger partial charge in [0.25, 0.3) is 0 Å². The Labute approximate surface area is 194 Å². The normalized spacial score (nSPS) is 21.4. The van der Waals surface area contributed by atoms with Crippen molar-refractivity contribution in [3.63, 3.8) is 0 Å². The third-order valence-corrected chi connectivity index (χ3v) is 6.94. The van der Waals surface area contributed by atoms with Gasteiger partial charge in [-0.3, -0.25) is 4.79 Å². The molecule has 2 aliphatic heterocycles. The fourth-order valence-electron chi connectivity index (χ4n) is 5.21. The lowest BCUT2D eigenvalue weighted by Gasteiger charge is -2.29. The van der Waals surface area contributed by atoms with Crippen LogP contribution in [0.3, 0.4) is 0 Å². The van der Waals surface area contributed by atoms with Crippen LogP contribution in [-0.4, -0.2) is 30.5 Å². The number of Topliss-reactive ketones (excluding diaryl/α,β-unsaturated/α-hetero) is 1. The van der Waals surface area contributed by atoms with Crippen LogP contribution in [0.4, 0.5) is 0 Å². The van der Waals surface area contributed by atoms with Crippen LogP contribution in [0.2, 0.25) is 0 Å². The second-order valence-electron chi connectivity index (χ2n) is 9.24. The van der Waals surface area contributed by atoms with Gasteiger partial charge in [0, 0.05) is 40.7 Å². The molecule has 1 saturated heterocycles. The number of likely N-dealkylation sites (tertiary alicyclic amines) is 1. The number of nitrogens with zero attached hydrogens (tertiary/aromatic N) is 1. The molecule has 3 heterocycles. The van der Waals surface area contributed by atoms with Crippen LogP contribution in [0.1, 0.15) is 48.2 Å². The molecule has 1 N–H and O–H groups in total. The number of piperidine rings is 1. The van der Waals surface area contributed by atoms with E-state index in [9.17, 15) is 9.90 Å². The standard InChI is InChI=1S/C27H30N2O4/c1-4-29-15-18(21-13-19(32-3)7-9-23(21)29)12-25-26(31)20-8-10-24(30)22(27(20)33-25)16-28-11-5-6-17(2)14-28/h7-10,12-13,15,17,30H,4-6,11,14,16H2,1-3H3/b25-12+. The number of allylic oxidation sites excluding steroid dienone is 1. The van der Waals surface area contributed by atoms with Crippen LogP contribution >= 0.6 is 0 Å². The highest BCUT2D eigenvalue weighted by Gasteiger charge is 2.32. The fraction of sp³-hybridized carbons (Fsp3) is 0.370. The molecular formula is C27H30N2O4. The molecule has 33 heavy (non-hydrogen) atoms. The first-order chi connectivity index (χ1) is 16.0. The summed E-state index contributed by atoms with van der Waals surface area (Å²) in [4.78, 5) is 14.6. The Morgan fingerprint density at radius 3 is 2.91 bits per heavy atom. The van der Waals surface area contributed by atoms with Crippen LogP contribution in [-0.2, 0) is 13.1 Å². The van der Waals surface area contributed by atoms with Crippen LogP contribution in [0, 0.1) is 5.92 Å². The number of benzene rings is 2. The molecule has 6 heteroatoms. The molecule has 1 aromatic heterocycles. The summed E-state index contributed by atoms with van der Waals surface area (Å²) in [6.45, 7) is 7.83. The van der Waals surface area contributed by atoms with Gasteiger partial charge in [0.05, 0.1) is 25.8 Å². The Hall–Kier alpha value is -3.25. The Morgan fingerprint density at radius 2 is 2.15 bits per heavy atom. The van der Waals surface area contributed by atoms with E-state index < -0.39 is 0 Å². The summed E-state index contributed by atoms with van der Waals surface area (Å²) in [5.74, 6) is 1.88. The highest BCUT2D eigenvalue weighted by Crippen LogP contribution is 2.39. The number of fused-ring (bicyclic) bond motifs is 2. The maximum Gasteiger partial charge on any atom is 0.231 e. The fourth-order valence-corrected chi connectivity index (χ4v) is 5.21. The van der Waals surface area contributed by atoms with E-state index in [4.69, 9.17) is 9.47 Å². The number of rotatable bonds is 5. The minimum Gasteiger partial charge on any atom is -0.872 e. The zero-order valence-corrected chi connectivity index (χ0v) is 19.4. The Bertz CT molecular complexity index is 1260. The molecule has 0 radical (unpaired) electrons. The van der Waals surface area contributed by atoms with Crippen LogP contribution in [0.15, 0.2) is 42.3 Å². The number of hydrogen-bond acceptors (Lipinski definition) is 4. The average Bonchev–Trinajstić information content (AvgIpc) is 3.33. The minimum atomic E-state index is -0.173. The van der Waals surface area contributed by atoms with Crippen LogP contribution in [0.25, 0.3) is 17.0 Å². The van der Waals surface area contributed by atoms with Crippen LogP contribution in [0.5, 0.6) is 17.2 Å². The van der Waals surface area contributed by atoms with E-state index >= 15 is 0 Å². The number of aromatic nitrogens is 1. The average molecular weight is 447 g/mol. The maximum atomic E-state index is 13.2. The van der Waals surface area contributed by atoms with Crippen molar-refractivity contribution in [1.82, 2.24) is 4.57 Å². The molecule has 6 nitrogen and oxygen atoms in total. The molecule has 1 fully saturated rings. The topological polar surface area (TPSA) is 68.0 Å². The number of ether oxygens (including phenoxy) is 2. The lowest BCUT2D eigenvalue weighted by atomic mass is 9.99. The van der Waals surface area contributed by atoms with Gasteiger partial charge >= 0.3 is 0 Å². The van der Waals surface area contributed by atoms with E-state index in [1.807, 2.05) is 24.4 Å². The quantitative estimate of drug-likeness (QED) is 0.612. The first kappa shape index (κ1) is 21.6. The van der Waals surface area contributed by atoms with E-state index in [2.05, 4.69) is 18.4 Å². The first-order valence-corrected chi connectivity index (χ1v) is 11.8. The lowest BCUT2D eigenvalue weighted by molar-refractivity contribution is -0.922. The third kappa shape index (κ3) is 3.89. The highest BCUT2D eigenvalue weighted by molar-refractivity contribution is 6.15. The molecule has 0 spiro atoms. The van der Waals surface area contributed by atoms with Crippen molar-refractivity contribution in [3.05, 3.63) is 59.0 Å². The molecular weight excluding hydrogens is 416 g/mol. The summed E-state index contributed by atoms with van der Waals surface area (Å²) < 4.78 is 13.6. The molecule has 2 aromatic carbocycles. The van der Waals surface area contributed by atoms with Crippen molar-refractivity contribution in [2.75, 3.05) is 20.2 Å². The highest BCUT2D eigenvalue weighted by atomic mass is 16.5. The Balaban J connectivity index is 1.52. The van der Waals surface area contributed by atoms with Gasteiger partial charge in [0.1, 0.15) is 18.0 Å². The summed E-state index contributed by atoms with van der Waals surface area (Å²) in [7, 11) is 1.64. The van der Waals surface area contributed by atoms with Gasteiger partial charge in [-0.25, -0.2) is 0 Å². The minimum absolute atomic E-state index is 0.0548. The second-order valence-corrected chi connectivity index (χ2v) is 9.24. The summed E-state index contributed by atoms with van der Waals surface area (Å²) >= 11 is 0. The maximum absolute atomic E-state index is 13.2. The lowest BCUT2D eigenvalue weighted by Crippen LogP contribution is -3.12. The summed E-state index contributed by atoms with van der Waals surface area (Å²) in [6.07, 6.45) is 6.21. The molecule has 5 rings (SSSR count). The predicted octanol–water partition coefficient (Wildman–Crippen LogP) is 3.17. The number of carbonyl (C=O) groups is 1. The van der Waals surface area contributed by atoms with Crippen molar-refractivity contribution in [1.29, 1.82) is 0 Å². The third-order valence-electron chi connectivity index (χ3n) is 6.94. The Morgan fingerprint density at radius 1 is 1.30 bits per heavy atom. The zero-order chi connectivity index (χ0) is 23.1. The Kier molecular flexibility index (Phi) is 5.62. The number of methoxy groups -OCH3 is 1. The molecule has 0 saturated carbocycles. The number of ketones is 1. The zero-order valence-electron chi connectivity index (χ0n) is 19.4. The molecule has 172 valence electrons. The van der Waals surface area contributed by atoms with Crippen molar-refractivity contribution in [2.45, 2.75) is 39.8 Å². The van der Waals surface area contributed by atoms with Crippen molar-refractivity contribution >= 4 is 22.8 Å². The van der Waals surface area contributed by atoms with Gasteiger partial charge in [-0.2, -0.15) is 0 Å². The van der Waals surface area contributed by atoms with E-state index in [1.165, 1.54) is 17.4 Å². The van der Waals surface area contributed by atoms with E-state index in [1.54, 1.807) is 19.3 Å². The molecule has 2 atom stereocenters. The largest absolute Gasteiger partial charge is 0.872 e. The SMILES string of the molecule is CCn1cc(/C=C2/Oc3c(ccc([O-])c3C[NH+]3CCCC(C)C3)C2=O)c2cc(OC)ccc21. The number of hydrogen-bond donors (Lipinski definition) is 1. The summed E-state index contributed by atoms with van der Waals surface area (Å²) in [5, 5.41) is 13.7. The molecule has 3 aromatic rings. The molecule has 0 amide bonds. The van der Waals surface area contributed by atoms with Gasteiger partial charge in [-0.05, 0) is 50.1 Å². The summed E-state index contributed by atoms with van der Waals surface area (Å²) in [6, 6.07) is 9.05. The predicted molar refractivity (Wildman–Crippen MR) is 126 cm³/mol. The molecule has 2 aliphatic rings. The number of quaternary nitrogens is 1. The number of carbonyl (C=O) groups excluding carboxylic acids is 1. The smallest absolute Gasteiger partial charge is 0.231 e. The second kappa shape index (κ2) is 8.60. The number of nitrogens with one attached hydrogen (secondary N) is 1. The van der Waals surface area contributed by atoms with Gasteiger partial charge < -0.3 is 24.0 Å². The van der Waals surface area contributed by atoms with Gasteiger partial charge in [0.2, 0.25) is 5.78 Å². The number of aryl methyl sites for hydroxylation is 1. The van der Waals surface area contributed by atoms with E-state index in [0.717, 1.165) is 48.3 Å². The van der Waals surface area contributed by atoms with Crippen molar-refractivity contribution in [3.8, 4) is 17.2 Å². The monoisotopic (exact) mass is 446 g/mol. The van der Waals surface area contributed by atoms with Gasteiger partial charge in [-0.1, -0.05) is 18.7 Å². The van der Waals surface area contributed by atoms with Gasteiger partial charge in [0.15, 0.2) is 5.76 Å². The van der Waals surface area contributed by atoms with E-state index in [0.29, 0.717) is 29.3 Å². The molecule has 0 aliphatic carbocycles. The first-order valence-electron chi connectivity index (χ1n) is 11.8. The van der Waals surface area contributed by atoms with Crippen LogP contribution < -0.4 is 19.5 Å².